The number of nitrogens with one attached hydrogen (secondary N) is 1. The summed E-state index contributed by atoms with van der Waals surface area (Å²) in [6.07, 6.45) is -0.192. The molecule has 0 aliphatic carbocycles. The van der Waals surface area contributed by atoms with Gasteiger partial charge in [0.15, 0.2) is 34.6 Å². The van der Waals surface area contributed by atoms with E-state index in [1.165, 1.54) is 11.0 Å². The van der Waals surface area contributed by atoms with Gasteiger partial charge >= 0.3 is 0 Å². The molecule has 0 amide bonds. The highest BCUT2D eigenvalue weighted by atomic mass is 79.9. The van der Waals surface area contributed by atoms with Crippen LogP contribution < -0.4 is 14.2 Å². The van der Waals surface area contributed by atoms with Crippen LogP contribution in [0.5, 0.6) is 23.0 Å². The molecule has 0 aromatic heterocycles. The molecule has 0 atom stereocenters. The number of fused-ring (bicyclic) bond motifs is 1. The Labute approximate surface area is 222 Å². The number of hydrogen-bond donors (Lipinski definition) is 2. The van der Waals surface area contributed by atoms with Crippen LogP contribution in [0.2, 0.25) is 0 Å². The molecule has 2 N–H and O–H groups in total. The maximum atomic E-state index is 15.3. The lowest BCUT2D eigenvalue weighted by molar-refractivity contribution is 0.0961. The van der Waals surface area contributed by atoms with Crippen molar-refractivity contribution in [3.63, 3.8) is 0 Å². The Morgan fingerprint density at radius 1 is 1.14 bits per heavy atom. The number of hydrogen-bond acceptors (Lipinski definition) is 6. The van der Waals surface area contributed by atoms with Crippen molar-refractivity contribution in [2.24, 2.45) is 0 Å². The molecule has 3 rings (SSSR count). The summed E-state index contributed by atoms with van der Waals surface area (Å²) in [6, 6.07) is 4.87. The summed E-state index contributed by atoms with van der Waals surface area (Å²) >= 11 is 0. The molecule has 0 fully saturated rings. The molecule has 2 aromatic carbocycles. The first-order valence-electron chi connectivity index (χ1n) is 11.9. The highest BCUT2D eigenvalue weighted by Gasteiger charge is 2.33. The van der Waals surface area contributed by atoms with Gasteiger partial charge in [0.1, 0.15) is 5.84 Å². The highest BCUT2D eigenvalue weighted by Crippen LogP contribution is 2.41. The Kier molecular flexibility index (Phi) is 9.40. The number of halogens is 2. The van der Waals surface area contributed by atoms with E-state index in [0.717, 1.165) is 0 Å². The number of aromatic hydroxyl groups is 1. The van der Waals surface area contributed by atoms with Crippen molar-refractivity contribution in [3.05, 3.63) is 46.3 Å². The number of ketones is 1. The molecule has 0 radical (unpaired) electrons. The van der Waals surface area contributed by atoms with Crippen molar-refractivity contribution in [2.75, 3.05) is 19.8 Å². The number of ether oxygens (including phenoxy) is 3. The van der Waals surface area contributed by atoms with Gasteiger partial charge in [0.25, 0.3) is 0 Å². The second kappa shape index (κ2) is 11.5. The van der Waals surface area contributed by atoms with Gasteiger partial charge in [-0.3, -0.25) is 10.2 Å². The summed E-state index contributed by atoms with van der Waals surface area (Å²) in [4.78, 5) is 14.9. The van der Waals surface area contributed by atoms with Crippen molar-refractivity contribution < 1.29 is 28.5 Å². The van der Waals surface area contributed by atoms with Crippen molar-refractivity contribution in [1.29, 1.82) is 5.41 Å². The number of amidine groups is 1. The van der Waals surface area contributed by atoms with Gasteiger partial charge in [0.2, 0.25) is 0 Å². The molecule has 1 heterocycles. The fourth-order valence-electron chi connectivity index (χ4n) is 4.11. The molecule has 9 heteroatoms. The van der Waals surface area contributed by atoms with Crippen LogP contribution in [0.25, 0.3) is 0 Å². The number of carbonyl (C=O) groups is 1. The van der Waals surface area contributed by atoms with Crippen molar-refractivity contribution >= 4 is 28.6 Å². The quantitative estimate of drug-likeness (QED) is 0.361. The van der Waals surface area contributed by atoms with E-state index in [9.17, 15) is 9.90 Å². The number of Topliss-reactive ketones (excluding diaryl/α,β-unsaturated/α-hetero) is 1. The molecule has 0 spiro atoms. The average molecular weight is 567 g/mol. The summed E-state index contributed by atoms with van der Waals surface area (Å²) in [5.74, 6) is -0.479. The third-order valence-electron chi connectivity index (χ3n) is 5.67. The normalized spacial score (nSPS) is 12.9. The third kappa shape index (κ3) is 5.94. The number of benzene rings is 2. The zero-order valence-electron chi connectivity index (χ0n) is 22.0. The minimum Gasteiger partial charge on any atom is -0.504 e. The largest absolute Gasteiger partial charge is 0.504 e. The van der Waals surface area contributed by atoms with Crippen molar-refractivity contribution in [2.45, 2.75) is 66.5 Å². The van der Waals surface area contributed by atoms with Crippen LogP contribution >= 0.6 is 17.0 Å². The first-order valence-corrected chi connectivity index (χ1v) is 11.9. The van der Waals surface area contributed by atoms with E-state index in [0.29, 0.717) is 23.3 Å². The van der Waals surface area contributed by atoms with Crippen molar-refractivity contribution in [3.8, 4) is 23.0 Å². The monoisotopic (exact) mass is 566 g/mol. The highest BCUT2D eigenvalue weighted by molar-refractivity contribution is 8.93. The second-order valence-electron chi connectivity index (χ2n) is 9.83. The maximum absolute atomic E-state index is 15.3. The minimum absolute atomic E-state index is 0. The Morgan fingerprint density at radius 3 is 2.33 bits per heavy atom. The Hall–Kier alpha value is -2.81. The summed E-state index contributed by atoms with van der Waals surface area (Å²) < 4.78 is 32.1. The van der Waals surface area contributed by atoms with Crippen LogP contribution in [0, 0.1) is 11.2 Å². The van der Waals surface area contributed by atoms with E-state index < -0.39 is 11.2 Å². The number of rotatable bonds is 9. The lowest BCUT2D eigenvalue weighted by atomic mass is 9.84. The predicted molar refractivity (Wildman–Crippen MR) is 143 cm³/mol. The summed E-state index contributed by atoms with van der Waals surface area (Å²) in [7, 11) is 0. The molecule has 2 aromatic rings. The molecule has 0 unspecified atom stereocenters. The predicted octanol–water partition coefficient (Wildman–Crippen LogP) is 6.02. The molecular weight excluding hydrogens is 531 g/mol. The van der Waals surface area contributed by atoms with Gasteiger partial charge in [-0.05, 0) is 56.9 Å². The number of nitrogens with zero attached hydrogens (tertiary/aromatic N) is 1. The number of phenols is 1. The van der Waals surface area contributed by atoms with Gasteiger partial charge in [-0.1, -0.05) is 20.8 Å². The van der Waals surface area contributed by atoms with Gasteiger partial charge in [0, 0.05) is 17.7 Å². The summed E-state index contributed by atoms with van der Waals surface area (Å²) in [5.41, 5.74) is 1.21. The zero-order chi connectivity index (χ0) is 26.1. The average Bonchev–Trinajstić information content (AvgIpc) is 3.06. The van der Waals surface area contributed by atoms with Crippen LogP contribution in [0.1, 0.15) is 75.5 Å². The minimum atomic E-state index is -0.653. The fourth-order valence-corrected chi connectivity index (χ4v) is 4.11. The molecule has 0 saturated carbocycles. The van der Waals surface area contributed by atoms with E-state index in [1.807, 2.05) is 34.6 Å². The Bertz CT molecular complexity index is 1140. The van der Waals surface area contributed by atoms with Crippen LogP contribution in [0.3, 0.4) is 0 Å². The number of phenolic OH excluding ortho intramolecular Hbond substituents is 1. The summed E-state index contributed by atoms with van der Waals surface area (Å²) in [6.45, 7) is 13.7. The standard InChI is InChI=1S/C27H35FN2O5.BrH/c1-8-33-21-12-17-13-30(26(29)22(17)23(28)25(21)34-9-2)14-19(31)16-10-18(27(5,6)7)24(32)20(11-16)35-15(3)4;/h10-12,15,29,32H,8-9,13-14H2,1-7H3;1H. The summed E-state index contributed by atoms with van der Waals surface area (Å²) in [5, 5.41) is 19.3. The van der Waals surface area contributed by atoms with E-state index >= 15 is 4.39 Å². The number of carbonyl (C=O) groups excluding carboxylic acids is 1. The van der Waals surface area contributed by atoms with Crippen LogP contribution in [-0.4, -0.2) is 47.5 Å². The Balaban J connectivity index is 0.00000456. The first-order chi connectivity index (χ1) is 16.4. The fraction of sp³-hybridized carbons (Fsp3) is 0.481. The van der Waals surface area contributed by atoms with Gasteiger partial charge < -0.3 is 24.2 Å². The van der Waals surface area contributed by atoms with Gasteiger partial charge in [-0.2, -0.15) is 0 Å². The van der Waals surface area contributed by atoms with E-state index in [-0.39, 0.29) is 83.0 Å². The SMILES string of the molecule is Br.CCOc1cc2c(c(F)c1OCC)C(=N)N(CC(=O)c1cc(OC(C)C)c(O)c(C(C)(C)C)c1)C2. The van der Waals surface area contributed by atoms with Crippen molar-refractivity contribution in [1.82, 2.24) is 4.90 Å². The van der Waals surface area contributed by atoms with Gasteiger partial charge in [-0.15, -0.1) is 17.0 Å². The zero-order valence-corrected chi connectivity index (χ0v) is 23.7. The molecule has 198 valence electrons. The molecule has 1 aliphatic heterocycles. The third-order valence-corrected chi connectivity index (χ3v) is 5.67. The second-order valence-corrected chi connectivity index (χ2v) is 9.83. The van der Waals surface area contributed by atoms with Crippen LogP contribution in [0.4, 0.5) is 4.39 Å². The maximum Gasteiger partial charge on any atom is 0.197 e. The molecular formula is C27H36BrFN2O5. The van der Waals surface area contributed by atoms with E-state index in [4.69, 9.17) is 19.6 Å². The first kappa shape index (κ1) is 29.4. The van der Waals surface area contributed by atoms with Gasteiger partial charge in [0.05, 0.1) is 31.4 Å². The van der Waals surface area contributed by atoms with Crippen LogP contribution in [0.15, 0.2) is 18.2 Å². The molecule has 0 bridgehead atoms. The lowest BCUT2D eigenvalue weighted by Gasteiger charge is -2.24. The topological polar surface area (TPSA) is 92.1 Å². The lowest BCUT2D eigenvalue weighted by Crippen LogP contribution is -2.30. The van der Waals surface area contributed by atoms with E-state index in [2.05, 4.69) is 0 Å². The smallest absolute Gasteiger partial charge is 0.197 e. The Morgan fingerprint density at radius 2 is 1.78 bits per heavy atom. The van der Waals surface area contributed by atoms with Crippen LogP contribution in [-0.2, 0) is 12.0 Å². The molecule has 0 saturated heterocycles. The molecule has 36 heavy (non-hydrogen) atoms. The van der Waals surface area contributed by atoms with E-state index in [1.54, 1.807) is 26.0 Å². The molecule has 7 nitrogen and oxygen atoms in total. The molecule has 1 aliphatic rings. The van der Waals surface area contributed by atoms with Gasteiger partial charge in [-0.25, -0.2) is 4.39 Å².